The number of aliphatic hydroxyl groups is 1. The van der Waals surface area contributed by atoms with Crippen LogP contribution in [0.1, 0.15) is 0 Å². The fourth-order valence-electron chi connectivity index (χ4n) is 1.35. The largest absolute Gasteiger partial charge is 0.463 e. The summed E-state index contributed by atoms with van der Waals surface area (Å²) in [6.07, 6.45) is 0. The number of hydrogen-bond donors (Lipinski definition) is 1. The first kappa shape index (κ1) is 16.3. The summed E-state index contributed by atoms with van der Waals surface area (Å²) in [4.78, 5) is 0. The third-order valence-electron chi connectivity index (χ3n) is 2.28. The van der Waals surface area contributed by atoms with Crippen LogP contribution < -0.4 is 9.05 Å². The number of hydrogen-bond acceptors (Lipinski definition) is 4. The van der Waals surface area contributed by atoms with Crippen LogP contribution in [0.15, 0.2) is 48.5 Å². The van der Waals surface area contributed by atoms with Crippen molar-refractivity contribution in [2.45, 2.75) is 0 Å². The van der Waals surface area contributed by atoms with Crippen molar-refractivity contribution in [3.8, 4) is 11.5 Å². The van der Waals surface area contributed by atoms with Crippen molar-refractivity contribution in [2.24, 2.45) is 0 Å². The van der Waals surface area contributed by atoms with Gasteiger partial charge in [-0.05, 0) is 48.5 Å². The third-order valence-corrected chi connectivity index (χ3v) is 3.89. The predicted molar refractivity (Wildman–Crippen MR) is 84.1 cm³/mol. The predicted octanol–water partition coefficient (Wildman–Crippen LogP) is 4.69. The molecule has 2 aromatic carbocycles. The summed E-state index contributed by atoms with van der Waals surface area (Å²) in [7, 11) is -1.68. The molecule has 4 nitrogen and oxygen atoms in total. The summed E-state index contributed by atoms with van der Waals surface area (Å²) in [5, 5.41) is 10.1. The third kappa shape index (κ3) is 5.70. The van der Waals surface area contributed by atoms with Gasteiger partial charge in [0.05, 0.1) is 13.2 Å². The van der Waals surface area contributed by atoms with Gasteiger partial charge in [0.25, 0.3) is 0 Å². The first-order valence-electron chi connectivity index (χ1n) is 6.08. The Balaban J connectivity index is 2.02. The monoisotopic (exact) mass is 346 g/mol. The summed E-state index contributed by atoms with van der Waals surface area (Å²) < 4.78 is 16.6. The topological polar surface area (TPSA) is 47.9 Å². The molecule has 0 bridgehead atoms. The molecule has 0 heterocycles. The maximum atomic E-state index is 8.86. The zero-order valence-electron chi connectivity index (χ0n) is 10.9. The molecule has 21 heavy (non-hydrogen) atoms. The Morgan fingerprint density at radius 2 is 1.24 bits per heavy atom. The van der Waals surface area contributed by atoms with Crippen LogP contribution in [0.4, 0.5) is 0 Å². The first-order valence-corrected chi connectivity index (χ1v) is 7.93. The van der Waals surface area contributed by atoms with Crippen LogP contribution >= 0.6 is 31.8 Å². The lowest BCUT2D eigenvalue weighted by molar-refractivity contribution is 0.186. The van der Waals surface area contributed by atoms with Gasteiger partial charge in [0.1, 0.15) is 11.5 Å². The van der Waals surface area contributed by atoms with Crippen LogP contribution in [0.3, 0.4) is 0 Å². The normalized spacial score (nSPS) is 10.7. The molecule has 1 N–H and O–H groups in total. The van der Waals surface area contributed by atoms with E-state index < -0.39 is 8.60 Å². The number of benzene rings is 2. The van der Waals surface area contributed by atoms with Crippen molar-refractivity contribution in [1.29, 1.82) is 0 Å². The molecule has 0 saturated carbocycles. The second-order valence-corrected chi connectivity index (χ2v) is 5.81. The molecule has 0 amide bonds. The molecule has 0 aliphatic heterocycles. The van der Waals surface area contributed by atoms with E-state index in [1.165, 1.54) is 0 Å². The molecule has 7 heteroatoms. The molecule has 2 aromatic rings. The molecule has 0 aliphatic carbocycles. The molecule has 0 fully saturated rings. The minimum Gasteiger partial charge on any atom is -0.418 e. The molecule has 0 radical (unpaired) electrons. The molecule has 2 rings (SSSR count). The molecule has 112 valence electrons. The summed E-state index contributed by atoms with van der Waals surface area (Å²) >= 11 is 11.6. The Morgan fingerprint density at radius 3 is 1.62 bits per heavy atom. The van der Waals surface area contributed by atoms with Crippen molar-refractivity contribution in [1.82, 2.24) is 0 Å². The van der Waals surface area contributed by atoms with Crippen molar-refractivity contribution >= 4 is 31.8 Å². The quantitative estimate of drug-likeness (QED) is 0.739. The Hall–Kier alpha value is -1.03. The van der Waals surface area contributed by atoms with Gasteiger partial charge in [-0.25, -0.2) is 0 Å². The van der Waals surface area contributed by atoms with Gasteiger partial charge in [-0.1, -0.05) is 23.2 Å². The highest BCUT2D eigenvalue weighted by molar-refractivity contribution is 7.42. The van der Waals surface area contributed by atoms with Crippen molar-refractivity contribution in [2.75, 3.05) is 13.2 Å². The minimum atomic E-state index is -1.68. The van der Waals surface area contributed by atoms with Crippen molar-refractivity contribution < 1.29 is 18.7 Å². The van der Waals surface area contributed by atoms with Crippen molar-refractivity contribution in [3.63, 3.8) is 0 Å². The van der Waals surface area contributed by atoms with Gasteiger partial charge >= 0.3 is 8.60 Å². The molecule has 0 atom stereocenters. The Morgan fingerprint density at radius 1 is 0.810 bits per heavy atom. The fraction of sp³-hybridized carbons (Fsp3) is 0.143. The average molecular weight is 347 g/mol. The van der Waals surface area contributed by atoms with Crippen LogP contribution in [-0.2, 0) is 4.52 Å². The van der Waals surface area contributed by atoms with Crippen LogP contribution in [0, 0.1) is 0 Å². The molecule has 0 aromatic heterocycles. The van der Waals surface area contributed by atoms with Gasteiger partial charge in [-0.15, -0.1) is 0 Å². The molecular formula is C14H13Cl2O4P. The van der Waals surface area contributed by atoms with E-state index in [2.05, 4.69) is 0 Å². The minimum absolute atomic E-state index is 0.118. The maximum absolute atomic E-state index is 8.86. The SMILES string of the molecule is OCCOP(Oc1ccc(Cl)cc1)Oc1ccc(Cl)cc1. The van der Waals surface area contributed by atoms with Gasteiger partial charge in [-0.2, -0.15) is 0 Å². The second kappa shape index (κ2) is 8.42. The molecule has 0 saturated heterocycles. The van der Waals surface area contributed by atoms with E-state index in [9.17, 15) is 0 Å². The summed E-state index contributed by atoms with van der Waals surface area (Å²) in [5.74, 6) is 1.13. The van der Waals surface area contributed by atoms with Crippen LogP contribution in [-0.4, -0.2) is 18.3 Å². The summed E-state index contributed by atoms with van der Waals surface area (Å²) in [6, 6.07) is 13.7. The lowest BCUT2D eigenvalue weighted by Crippen LogP contribution is -2.03. The van der Waals surface area contributed by atoms with E-state index in [1.54, 1.807) is 48.5 Å². The Labute approximate surface area is 134 Å². The maximum Gasteiger partial charge on any atom is 0.463 e. The number of aliphatic hydroxyl groups excluding tert-OH is 1. The van der Waals surface area contributed by atoms with E-state index in [-0.39, 0.29) is 13.2 Å². The molecular weight excluding hydrogens is 334 g/mol. The van der Waals surface area contributed by atoms with Gasteiger partial charge in [-0.3, -0.25) is 4.52 Å². The van der Waals surface area contributed by atoms with Gasteiger partial charge in [0.2, 0.25) is 0 Å². The lowest BCUT2D eigenvalue weighted by atomic mass is 10.3. The van der Waals surface area contributed by atoms with Crippen molar-refractivity contribution in [3.05, 3.63) is 58.6 Å². The smallest absolute Gasteiger partial charge is 0.418 e. The van der Waals surface area contributed by atoms with Crippen LogP contribution in [0.2, 0.25) is 10.0 Å². The molecule has 0 aliphatic rings. The Bertz CT molecular complexity index is 500. The number of halogens is 2. The van der Waals surface area contributed by atoms with E-state index in [4.69, 9.17) is 41.9 Å². The average Bonchev–Trinajstić information content (AvgIpc) is 2.49. The van der Waals surface area contributed by atoms with E-state index >= 15 is 0 Å². The Kier molecular flexibility index (Phi) is 6.55. The fourth-order valence-corrected chi connectivity index (χ4v) is 2.56. The highest BCUT2D eigenvalue weighted by Crippen LogP contribution is 2.41. The van der Waals surface area contributed by atoms with E-state index in [1.807, 2.05) is 0 Å². The standard InChI is InChI=1S/C14H13Cl2O4P/c15-11-1-5-13(6-2-11)19-21(18-10-9-17)20-14-7-3-12(16)4-8-14/h1-8,17H,9-10H2. The van der Waals surface area contributed by atoms with E-state index in [0.29, 0.717) is 21.5 Å². The lowest BCUT2D eigenvalue weighted by Gasteiger charge is -2.17. The highest BCUT2D eigenvalue weighted by Gasteiger charge is 2.17. The van der Waals surface area contributed by atoms with E-state index in [0.717, 1.165) is 0 Å². The van der Waals surface area contributed by atoms with Crippen LogP contribution in [0.5, 0.6) is 11.5 Å². The van der Waals surface area contributed by atoms with Gasteiger partial charge in [0, 0.05) is 10.0 Å². The first-order chi connectivity index (χ1) is 10.2. The van der Waals surface area contributed by atoms with Gasteiger partial charge < -0.3 is 14.2 Å². The number of rotatable bonds is 7. The zero-order chi connectivity index (χ0) is 15.1. The van der Waals surface area contributed by atoms with Crippen LogP contribution in [0.25, 0.3) is 0 Å². The molecule has 0 unspecified atom stereocenters. The summed E-state index contributed by atoms with van der Waals surface area (Å²) in [5.41, 5.74) is 0. The van der Waals surface area contributed by atoms with Gasteiger partial charge in [0.15, 0.2) is 0 Å². The zero-order valence-corrected chi connectivity index (χ0v) is 13.3. The second-order valence-electron chi connectivity index (χ2n) is 3.87. The highest BCUT2D eigenvalue weighted by atomic mass is 35.5. The summed E-state index contributed by atoms with van der Waals surface area (Å²) in [6.45, 7) is -0.000325. The molecule has 0 spiro atoms.